The van der Waals surface area contributed by atoms with Crippen molar-refractivity contribution in [3.8, 4) is 11.5 Å². The molecule has 39 heavy (non-hydrogen) atoms. The van der Waals surface area contributed by atoms with E-state index in [4.69, 9.17) is 9.47 Å². The van der Waals surface area contributed by atoms with Gasteiger partial charge in [0, 0.05) is 48.3 Å². The van der Waals surface area contributed by atoms with E-state index in [2.05, 4.69) is 42.4 Å². The molecular weight excluding hydrogens is 494 g/mol. The highest BCUT2D eigenvalue weighted by Crippen LogP contribution is 2.34. The van der Waals surface area contributed by atoms with Crippen molar-refractivity contribution in [2.24, 2.45) is 0 Å². The summed E-state index contributed by atoms with van der Waals surface area (Å²) in [5.74, 6) is 2.34. The number of rotatable bonds is 7. The Morgan fingerprint density at radius 1 is 0.897 bits per heavy atom. The van der Waals surface area contributed by atoms with E-state index in [0.717, 1.165) is 72.9 Å². The van der Waals surface area contributed by atoms with Crippen LogP contribution in [0.1, 0.15) is 55.6 Å². The number of fused-ring (bicyclic) bond motifs is 1. The van der Waals surface area contributed by atoms with Crippen molar-refractivity contribution >= 4 is 16.6 Å². The molecule has 0 unspecified atom stereocenters. The van der Waals surface area contributed by atoms with Crippen LogP contribution >= 0.6 is 0 Å². The number of ether oxygens (including phenoxy) is 2. The molecule has 3 heterocycles. The van der Waals surface area contributed by atoms with Crippen molar-refractivity contribution in [3.63, 3.8) is 0 Å². The summed E-state index contributed by atoms with van der Waals surface area (Å²) in [7, 11) is 3.33. The number of aromatic amines is 1. The van der Waals surface area contributed by atoms with Crippen LogP contribution in [0.25, 0.3) is 10.9 Å². The largest absolute Gasteiger partial charge is 0.497 e. The first kappa shape index (κ1) is 25.4. The molecule has 10 heteroatoms. The lowest BCUT2D eigenvalue weighted by molar-refractivity contribution is 0.192. The van der Waals surface area contributed by atoms with Crippen molar-refractivity contribution in [3.05, 3.63) is 70.3 Å². The molecule has 0 spiro atoms. The zero-order valence-electron chi connectivity index (χ0n) is 22.5. The average Bonchev–Trinajstić information content (AvgIpc) is 3.48. The number of nitrogens with one attached hydrogen (secondary N) is 1. The first-order valence-electron chi connectivity index (χ1n) is 13.8. The van der Waals surface area contributed by atoms with Gasteiger partial charge in [-0.05, 0) is 71.8 Å². The van der Waals surface area contributed by atoms with Crippen molar-refractivity contribution in [2.45, 2.75) is 44.2 Å². The molecule has 2 aliphatic rings. The lowest BCUT2D eigenvalue weighted by Gasteiger charge is -2.40. The van der Waals surface area contributed by atoms with Crippen molar-refractivity contribution in [2.75, 3.05) is 45.3 Å². The molecule has 0 amide bonds. The number of H-pyrrole nitrogens is 1. The van der Waals surface area contributed by atoms with Crippen molar-refractivity contribution in [1.82, 2.24) is 30.1 Å². The highest BCUT2D eigenvalue weighted by atomic mass is 16.5. The fourth-order valence-corrected chi connectivity index (χ4v) is 6.03. The van der Waals surface area contributed by atoms with E-state index >= 15 is 0 Å². The Balaban J connectivity index is 1.37. The fraction of sp³-hybridized carbons (Fsp3) is 0.448. The second-order valence-corrected chi connectivity index (χ2v) is 10.4. The summed E-state index contributed by atoms with van der Waals surface area (Å²) in [6.45, 7) is 3.19. The zero-order chi connectivity index (χ0) is 26.8. The first-order valence-corrected chi connectivity index (χ1v) is 13.8. The summed E-state index contributed by atoms with van der Waals surface area (Å²) in [5.41, 5.74) is 2.48. The van der Waals surface area contributed by atoms with E-state index in [0.29, 0.717) is 5.56 Å². The van der Waals surface area contributed by atoms with Gasteiger partial charge in [0.05, 0.1) is 20.3 Å². The first-order chi connectivity index (χ1) is 19.1. The molecule has 1 aliphatic carbocycles. The molecule has 2 aromatic heterocycles. The monoisotopic (exact) mass is 529 g/mol. The molecule has 4 aromatic rings. The maximum absolute atomic E-state index is 13.6. The molecule has 6 rings (SSSR count). The van der Waals surface area contributed by atoms with Crippen LogP contribution in [0.5, 0.6) is 11.5 Å². The standard InChI is InChI=1S/C29H35N7O3/c1-38-23-10-8-21(9-11-23)34-14-16-35(17-15-34)27(28-31-32-33-36(28)22-6-4-3-5-7-22)25-19-20-18-24(39-2)12-13-26(20)30-29(25)37/h8-13,18-19,22,27H,3-7,14-17H2,1-2H3,(H,30,37)/t27-/m0/s1. The smallest absolute Gasteiger partial charge is 0.253 e. The van der Waals surface area contributed by atoms with Gasteiger partial charge in [0.15, 0.2) is 5.82 Å². The number of tetrazole rings is 1. The molecule has 2 fully saturated rings. The number of methoxy groups -OCH3 is 2. The number of benzene rings is 2. The Labute approximate surface area is 227 Å². The lowest BCUT2D eigenvalue weighted by atomic mass is 9.95. The van der Waals surface area contributed by atoms with Crippen LogP contribution < -0.4 is 19.9 Å². The molecule has 1 aliphatic heterocycles. The third-order valence-corrected chi connectivity index (χ3v) is 8.18. The van der Waals surface area contributed by atoms with Crippen LogP contribution in [0.3, 0.4) is 0 Å². The molecule has 1 atom stereocenters. The van der Waals surface area contributed by atoms with Gasteiger partial charge in [-0.2, -0.15) is 0 Å². The maximum atomic E-state index is 13.6. The zero-order valence-corrected chi connectivity index (χ0v) is 22.5. The molecule has 2 aromatic carbocycles. The van der Waals surface area contributed by atoms with Gasteiger partial charge in [-0.15, -0.1) is 5.10 Å². The Kier molecular flexibility index (Phi) is 7.19. The van der Waals surface area contributed by atoms with Crippen LogP contribution in [0, 0.1) is 0 Å². The number of piperazine rings is 1. The van der Waals surface area contributed by atoms with Gasteiger partial charge in [0.1, 0.15) is 17.5 Å². The molecule has 0 bridgehead atoms. The topological polar surface area (TPSA) is 101 Å². The summed E-state index contributed by atoms with van der Waals surface area (Å²) in [6.07, 6.45) is 5.70. The van der Waals surface area contributed by atoms with E-state index in [1.165, 1.54) is 19.3 Å². The highest BCUT2D eigenvalue weighted by molar-refractivity contribution is 5.80. The van der Waals surface area contributed by atoms with Crippen molar-refractivity contribution < 1.29 is 9.47 Å². The maximum Gasteiger partial charge on any atom is 0.253 e. The summed E-state index contributed by atoms with van der Waals surface area (Å²) in [6, 6.07) is 15.7. The van der Waals surface area contributed by atoms with Gasteiger partial charge in [0.2, 0.25) is 0 Å². The molecule has 10 nitrogen and oxygen atoms in total. The number of nitrogens with zero attached hydrogens (tertiary/aromatic N) is 6. The van der Waals surface area contributed by atoms with Gasteiger partial charge in [-0.3, -0.25) is 9.69 Å². The normalized spacial score (nSPS) is 17.8. The number of hydrogen-bond acceptors (Lipinski definition) is 8. The van der Waals surface area contributed by atoms with Crippen LogP contribution in [-0.2, 0) is 0 Å². The minimum Gasteiger partial charge on any atom is -0.497 e. The number of aromatic nitrogens is 5. The van der Waals surface area contributed by atoms with Gasteiger partial charge >= 0.3 is 0 Å². The number of anilines is 1. The predicted molar refractivity (Wildman–Crippen MR) is 150 cm³/mol. The third-order valence-electron chi connectivity index (χ3n) is 8.18. The third kappa shape index (κ3) is 5.08. The summed E-state index contributed by atoms with van der Waals surface area (Å²) in [5, 5.41) is 14.0. The van der Waals surface area contributed by atoms with E-state index in [1.807, 2.05) is 41.1 Å². The molecular formula is C29H35N7O3. The Bertz CT molecular complexity index is 1470. The highest BCUT2D eigenvalue weighted by Gasteiger charge is 2.34. The Morgan fingerprint density at radius 2 is 1.62 bits per heavy atom. The molecule has 1 saturated carbocycles. The SMILES string of the molecule is COc1ccc(N2CCN([C@@H](c3cc4cc(OC)ccc4[nH]c3=O)c3nnnn3C3CCCCC3)CC2)cc1. The van der Waals surface area contributed by atoms with Crippen LogP contribution in [0.2, 0.25) is 0 Å². The molecule has 0 radical (unpaired) electrons. The van der Waals surface area contributed by atoms with Crippen LogP contribution in [-0.4, -0.2) is 70.5 Å². The summed E-state index contributed by atoms with van der Waals surface area (Å²) in [4.78, 5) is 21.4. The second-order valence-electron chi connectivity index (χ2n) is 10.4. The predicted octanol–water partition coefficient (Wildman–Crippen LogP) is 3.95. The van der Waals surface area contributed by atoms with Gasteiger partial charge in [-0.25, -0.2) is 4.68 Å². The molecule has 204 valence electrons. The second kappa shape index (κ2) is 11.1. The lowest BCUT2D eigenvalue weighted by Crippen LogP contribution is -2.49. The van der Waals surface area contributed by atoms with Gasteiger partial charge < -0.3 is 19.4 Å². The summed E-state index contributed by atoms with van der Waals surface area (Å²) < 4.78 is 12.8. The Hall–Kier alpha value is -3.92. The molecule has 1 N–H and O–H groups in total. The molecule has 1 saturated heterocycles. The average molecular weight is 530 g/mol. The quantitative estimate of drug-likeness (QED) is 0.384. The minimum atomic E-state index is -0.362. The van der Waals surface area contributed by atoms with Crippen molar-refractivity contribution in [1.29, 1.82) is 0 Å². The van der Waals surface area contributed by atoms with E-state index in [-0.39, 0.29) is 17.6 Å². The van der Waals surface area contributed by atoms with E-state index in [1.54, 1.807) is 14.2 Å². The fourth-order valence-electron chi connectivity index (χ4n) is 6.03. The van der Waals surface area contributed by atoms with E-state index in [9.17, 15) is 4.79 Å². The van der Waals surface area contributed by atoms with Gasteiger partial charge in [-0.1, -0.05) is 19.3 Å². The van der Waals surface area contributed by atoms with E-state index < -0.39 is 0 Å². The van der Waals surface area contributed by atoms with Crippen LogP contribution in [0.15, 0.2) is 53.3 Å². The number of pyridine rings is 1. The number of hydrogen-bond donors (Lipinski definition) is 1. The van der Waals surface area contributed by atoms with Gasteiger partial charge in [0.25, 0.3) is 5.56 Å². The Morgan fingerprint density at radius 3 is 2.33 bits per heavy atom. The van der Waals surface area contributed by atoms with Crippen LogP contribution in [0.4, 0.5) is 5.69 Å². The minimum absolute atomic E-state index is 0.117. The summed E-state index contributed by atoms with van der Waals surface area (Å²) >= 11 is 0.